The highest BCUT2D eigenvalue weighted by Crippen LogP contribution is 2.25. The highest BCUT2D eigenvalue weighted by atomic mass is 19.1. The van der Waals surface area contributed by atoms with Gasteiger partial charge in [0.1, 0.15) is 5.82 Å². The number of rotatable bonds is 4. The van der Waals surface area contributed by atoms with E-state index in [0.29, 0.717) is 11.3 Å². The maximum Gasteiger partial charge on any atom is 0.270 e. The smallest absolute Gasteiger partial charge is 0.270 e. The van der Waals surface area contributed by atoms with Crippen LogP contribution in [0.2, 0.25) is 0 Å². The Labute approximate surface area is 150 Å². The van der Waals surface area contributed by atoms with Crippen LogP contribution in [-0.2, 0) is 0 Å². The van der Waals surface area contributed by atoms with E-state index >= 15 is 0 Å². The van der Waals surface area contributed by atoms with Crippen molar-refractivity contribution in [2.24, 2.45) is 0 Å². The van der Waals surface area contributed by atoms with Gasteiger partial charge in [-0.3, -0.25) is 10.2 Å². The summed E-state index contributed by atoms with van der Waals surface area (Å²) in [6.07, 6.45) is 5.17. The number of hydrazine groups is 1. The molecule has 1 aliphatic carbocycles. The van der Waals surface area contributed by atoms with Crippen LogP contribution in [0.5, 0.6) is 0 Å². The van der Waals surface area contributed by atoms with Crippen molar-refractivity contribution in [2.45, 2.75) is 19.3 Å². The molecular weight excluding hydrogens is 329 g/mol. The van der Waals surface area contributed by atoms with E-state index in [9.17, 15) is 9.18 Å². The van der Waals surface area contributed by atoms with E-state index in [0.717, 1.165) is 41.4 Å². The van der Waals surface area contributed by atoms with Crippen molar-refractivity contribution < 1.29 is 9.18 Å². The predicted octanol–water partition coefficient (Wildman–Crippen LogP) is 4.34. The van der Waals surface area contributed by atoms with Gasteiger partial charge in [-0.15, -0.1) is 0 Å². The Kier molecular flexibility index (Phi) is 4.35. The molecule has 0 fully saturated rings. The number of aromatic nitrogens is 1. The Morgan fingerprint density at radius 2 is 1.88 bits per heavy atom. The van der Waals surface area contributed by atoms with E-state index in [2.05, 4.69) is 21.9 Å². The van der Waals surface area contributed by atoms with Crippen molar-refractivity contribution in [1.82, 2.24) is 15.8 Å². The summed E-state index contributed by atoms with van der Waals surface area (Å²) in [5.74, 6) is -0.527. The molecule has 130 valence electrons. The van der Waals surface area contributed by atoms with Crippen molar-refractivity contribution >= 4 is 16.8 Å². The minimum Gasteiger partial charge on any atom is -0.303 e. The molecule has 0 unspecified atom stereocenters. The summed E-state index contributed by atoms with van der Waals surface area (Å²) in [5.41, 5.74) is 9.46. The Morgan fingerprint density at radius 3 is 2.65 bits per heavy atom. The quantitative estimate of drug-likeness (QED) is 0.690. The lowest BCUT2D eigenvalue weighted by Crippen LogP contribution is -2.36. The number of benzene rings is 2. The highest BCUT2D eigenvalue weighted by Gasteiger charge is 2.14. The number of halogens is 1. The van der Waals surface area contributed by atoms with E-state index in [-0.39, 0.29) is 11.7 Å². The molecule has 1 aromatic heterocycles. The van der Waals surface area contributed by atoms with Crippen molar-refractivity contribution in [3.63, 3.8) is 0 Å². The number of fused-ring (bicyclic) bond motifs is 1. The van der Waals surface area contributed by atoms with Gasteiger partial charge >= 0.3 is 0 Å². The van der Waals surface area contributed by atoms with Crippen LogP contribution in [0, 0.1) is 5.82 Å². The van der Waals surface area contributed by atoms with Gasteiger partial charge in [0.2, 0.25) is 0 Å². The minimum atomic E-state index is -0.304. The molecule has 1 aliphatic rings. The van der Waals surface area contributed by atoms with Crippen LogP contribution < -0.4 is 10.9 Å². The van der Waals surface area contributed by atoms with E-state index in [1.54, 1.807) is 18.2 Å². The number of hydrogen-bond donors (Lipinski definition) is 2. The van der Waals surface area contributed by atoms with E-state index in [1.165, 1.54) is 12.1 Å². The zero-order chi connectivity index (χ0) is 17.9. The molecule has 4 rings (SSSR count). The van der Waals surface area contributed by atoms with Crippen molar-refractivity contribution in [3.8, 4) is 11.3 Å². The van der Waals surface area contributed by atoms with Crippen LogP contribution in [0.25, 0.3) is 22.2 Å². The lowest BCUT2D eigenvalue weighted by molar-refractivity contribution is 0.0940. The molecule has 3 aromatic rings. The SMILES string of the molecule is O=C(NNC1=CCCC1)c1cc(-c2ccc(F)cc2)nc2ccccc12. The van der Waals surface area contributed by atoms with Crippen LogP contribution in [-0.4, -0.2) is 10.9 Å². The number of nitrogens with one attached hydrogen (secondary N) is 2. The maximum atomic E-state index is 13.2. The largest absolute Gasteiger partial charge is 0.303 e. The van der Waals surface area contributed by atoms with Crippen LogP contribution >= 0.6 is 0 Å². The van der Waals surface area contributed by atoms with Crippen molar-refractivity contribution in [2.75, 3.05) is 0 Å². The number of allylic oxidation sites excluding steroid dienone is 2. The fraction of sp³-hybridized carbons (Fsp3) is 0.143. The van der Waals surface area contributed by atoms with Gasteiger partial charge in [-0.25, -0.2) is 9.37 Å². The van der Waals surface area contributed by atoms with Gasteiger partial charge in [-0.2, -0.15) is 0 Å². The summed E-state index contributed by atoms with van der Waals surface area (Å²) in [6, 6.07) is 15.4. The number of hydrogen-bond acceptors (Lipinski definition) is 3. The zero-order valence-corrected chi connectivity index (χ0v) is 14.1. The number of amides is 1. The Hall–Kier alpha value is -3.21. The lowest BCUT2D eigenvalue weighted by Gasteiger charge is -2.12. The van der Waals surface area contributed by atoms with Gasteiger partial charge < -0.3 is 5.43 Å². The molecular formula is C21H18FN3O. The second kappa shape index (κ2) is 6.96. The molecule has 0 aliphatic heterocycles. The lowest BCUT2D eigenvalue weighted by atomic mass is 10.0. The van der Waals surface area contributed by atoms with Crippen molar-refractivity contribution in [3.05, 3.63) is 77.8 Å². The number of carbonyl (C=O) groups is 1. The van der Waals surface area contributed by atoms with Gasteiger partial charge in [0.05, 0.1) is 16.8 Å². The van der Waals surface area contributed by atoms with Gasteiger partial charge in [0.15, 0.2) is 0 Å². The average Bonchev–Trinajstić information content (AvgIpc) is 3.19. The van der Waals surface area contributed by atoms with Gasteiger partial charge in [-0.1, -0.05) is 24.3 Å². The summed E-state index contributed by atoms with van der Waals surface area (Å²) in [4.78, 5) is 17.4. The van der Waals surface area contributed by atoms with Gasteiger partial charge in [0.25, 0.3) is 5.91 Å². The third-order valence-electron chi connectivity index (χ3n) is 4.48. The first-order valence-corrected chi connectivity index (χ1v) is 8.62. The molecule has 2 N–H and O–H groups in total. The molecule has 26 heavy (non-hydrogen) atoms. The second-order valence-electron chi connectivity index (χ2n) is 6.28. The van der Waals surface area contributed by atoms with Crippen molar-refractivity contribution in [1.29, 1.82) is 0 Å². The standard InChI is InChI=1S/C21H18FN3O/c22-15-11-9-14(10-12-15)20-13-18(17-7-3-4-8-19(17)23-20)21(26)25-24-16-5-1-2-6-16/h3-5,7-13,24H,1-2,6H2,(H,25,26). The minimum absolute atomic E-state index is 0.222. The molecule has 5 heteroatoms. The second-order valence-corrected chi connectivity index (χ2v) is 6.28. The normalized spacial score (nSPS) is 13.5. The third kappa shape index (κ3) is 3.28. The Balaban J connectivity index is 1.71. The molecule has 0 spiro atoms. The van der Waals surface area contributed by atoms with Gasteiger partial charge in [0, 0.05) is 16.6 Å². The number of nitrogens with zero attached hydrogens (tertiary/aromatic N) is 1. The first-order chi connectivity index (χ1) is 12.7. The molecule has 0 saturated carbocycles. The summed E-state index contributed by atoms with van der Waals surface area (Å²) >= 11 is 0. The average molecular weight is 347 g/mol. The molecule has 1 amide bonds. The maximum absolute atomic E-state index is 13.2. The summed E-state index contributed by atoms with van der Waals surface area (Å²) in [6.45, 7) is 0. The summed E-state index contributed by atoms with van der Waals surface area (Å²) in [5, 5.41) is 0.776. The molecule has 2 aromatic carbocycles. The Morgan fingerprint density at radius 1 is 1.08 bits per heavy atom. The molecule has 4 nitrogen and oxygen atoms in total. The van der Waals surface area contributed by atoms with Crippen LogP contribution in [0.3, 0.4) is 0 Å². The topological polar surface area (TPSA) is 54.0 Å². The first kappa shape index (κ1) is 16.3. The van der Waals surface area contributed by atoms with E-state index in [1.807, 2.05) is 24.3 Å². The first-order valence-electron chi connectivity index (χ1n) is 8.62. The van der Waals surface area contributed by atoms with E-state index < -0.39 is 0 Å². The van der Waals surface area contributed by atoms with Crippen LogP contribution in [0.4, 0.5) is 4.39 Å². The third-order valence-corrected chi connectivity index (χ3v) is 4.48. The van der Waals surface area contributed by atoms with Crippen LogP contribution in [0.1, 0.15) is 29.6 Å². The Bertz CT molecular complexity index is 996. The van der Waals surface area contributed by atoms with Gasteiger partial charge in [-0.05, 0) is 55.7 Å². The molecule has 0 bridgehead atoms. The fourth-order valence-electron chi connectivity index (χ4n) is 3.12. The van der Waals surface area contributed by atoms with Crippen LogP contribution in [0.15, 0.2) is 66.4 Å². The monoisotopic (exact) mass is 347 g/mol. The fourth-order valence-corrected chi connectivity index (χ4v) is 3.12. The number of carbonyl (C=O) groups excluding carboxylic acids is 1. The summed E-state index contributed by atoms with van der Waals surface area (Å²) < 4.78 is 13.2. The highest BCUT2D eigenvalue weighted by molar-refractivity contribution is 6.07. The number of para-hydroxylation sites is 1. The molecule has 0 atom stereocenters. The summed E-state index contributed by atoms with van der Waals surface area (Å²) in [7, 11) is 0. The molecule has 1 heterocycles. The predicted molar refractivity (Wildman–Crippen MR) is 99.7 cm³/mol. The molecule has 0 saturated heterocycles. The van der Waals surface area contributed by atoms with E-state index in [4.69, 9.17) is 0 Å². The zero-order valence-electron chi connectivity index (χ0n) is 14.1. The molecule has 0 radical (unpaired) electrons. The number of pyridine rings is 1.